The summed E-state index contributed by atoms with van der Waals surface area (Å²) in [4.78, 5) is 16.0. The van der Waals surface area contributed by atoms with Gasteiger partial charge in [-0.3, -0.25) is 4.99 Å². The van der Waals surface area contributed by atoms with Gasteiger partial charge in [0.15, 0.2) is 0 Å². The highest BCUT2D eigenvalue weighted by atomic mass is 35.5. The molecule has 0 atom stereocenters. The fourth-order valence-electron chi connectivity index (χ4n) is 1.62. The molecular weight excluding hydrogens is 345 g/mol. The van der Waals surface area contributed by atoms with E-state index in [9.17, 15) is 9.90 Å². The number of para-hydroxylation sites is 1. The molecule has 0 bridgehead atoms. The predicted molar refractivity (Wildman–Crippen MR) is 90.5 cm³/mol. The molecule has 0 radical (unpaired) electrons. The minimum absolute atomic E-state index is 0.109. The summed E-state index contributed by atoms with van der Waals surface area (Å²) < 4.78 is 5.34. The van der Waals surface area contributed by atoms with Gasteiger partial charge >= 0.3 is 5.97 Å². The van der Waals surface area contributed by atoms with E-state index in [1.807, 2.05) is 18.2 Å². The number of nitrogens with zero attached hydrogens (tertiary/aromatic N) is 1. The number of thiophene rings is 1. The first kappa shape index (κ1) is 16.5. The molecule has 0 spiro atoms. The Labute approximate surface area is 141 Å². The van der Waals surface area contributed by atoms with E-state index < -0.39 is 5.97 Å². The lowest BCUT2D eigenvalue weighted by Gasteiger charge is -2.04. The van der Waals surface area contributed by atoms with Gasteiger partial charge in [-0.1, -0.05) is 41.4 Å². The molecule has 4 nitrogen and oxygen atoms in total. The zero-order valence-corrected chi connectivity index (χ0v) is 13.7. The third kappa shape index (κ3) is 3.88. The van der Waals surface area contributed by atoms with Gasteiger partial charge in [0.1, 0.15) is 15.7 Å². The van der Waals surface area contributed by atoms with Crippen LogP contribution in [0, 0.1) is 0 Å². The van der Waals surface area contributed by atoms with Gasteiger partial charge in [0.2, 0.25) is 0 Å². The molecule has 0 saturated heterocycles. The van der Waals surface area contributed by atoms with Crippen LogP contribution in [0.5, 0.6) is 0 Å². The monoisotopic (exact) mass is 355 g/mol. The third-order valence-corrected chi connectivity index (χ3v) is 4.16. The lowest BCUT2D eigenvalue weighted by molar-refractivity contribution is -0.135. The minimum Gasteiger partial charge on any atom is -0.506 e. The molecule has 2 aromatic rings. The third-order valence-electron chi connectivity index (χ3n) is 2.67. The summed E-state index contributed by atoms with van der Waals surface area (Å²) in [6.07, 6.45) is 1.23. The molecule has 0 aliphatic heterocycles. The Kier molecular flexibility index (Phi) is 5.60. The highest BCUT2D eigenvalue weighted by molar-refractivity contribution is 7.20. The van der Waals surface area contributed by atoms with Crippen molar-refractivity contribution in [2.24, 2.45) is 4.99 Å². The van der Waals surface area contributed by atoms with Crippen molar-refractivity contribution in [2.75, 3.05) is 7.11 Å². The van der Waals surface area contributed by atoms with Gasteiger partial charge in [-0.05, 0) is 18.2 Å². The van der Waals surface area contributed by atoms with Crippen LogP contribution >= 0.6 is 34.5 Å². The van der Waals surface area contributed by atoms with Crippen LogP contribution in [-0.2, 0) is 9.53 Å². The van der Waals surface area contributed by atoms with Crippen molar-refractivity contribution < 1.29 is 14.6 Å². The number of aliphatic hydroxyl groups excluding tert-OH is 1. The number of ether oxygens (including phenoxy) is 1. The van der Waals surface area contributed by atoms with Gasteiger partial charge in [0.05, 0.1) is 17.1 Å². The molecule has 1 heterocycles. The molecule has 114 valence electrons. The van der Waals surface area contributed by atoms with Crippen LogP contribution in [0.4, 0.5) is 5.69 Å². The lowest BCUT2D eigenvalue weighted by atomic mass is 10.1. The number of esters is 1. The first-order chi connectivity index (χ1) is 10.5. The van der Waals surface area contributed by atoms with E-state index in [4.69, 9.17) is 23.2 Å². The molecule has 1 N–H and O–H groups in total. The molecule has 2 rings (SSSR count). The molecule has 0 aliphatic carbocycles. The summed E-state index contributed by atoms with van der Waals surface area (Å²) in [6.45, 7) is 0. The fraction of sp³-hybridized carbons (Fsp3) is 0.0667. The first-order valence-electron chi connectivity index (χ1n) is 6.08. The number of hydrogen-bond acceptors (Lipinski definition) is 5. The van der Waals surface area contributed by atoms with Crippen LogP contribution in [0.25, 0.3) is 5.76 Å². The Bertz CT molecular complexity index is 739. The maximum absolute atomic E-state index is 11.9. The van der Waals surface area contributed by atoms with E-state index in [0.29, 0.717) is 10.0 Å². The van der Waals surface area contributed by atoms with Crippen molar-refractivity contribution in [1.29, 1.82) is 0 Å². The number of carbonyl (C=O) groups is 1. The molecule has 0 fully saturated rings. The molecule has 0 saturated carbocycles. The molecule has 1 aromatic carbocycles. The van der Waals surface area contributed by atoms with E-state index in [1.165, 1.54) is 19.4 Å². The number of benzene rings is 1. The maximum atomic E-state index is 11.9. The average molecular weight is 356 g/mol. The zero-order valence-electron chi connectivity index (χ0n) is 11.4. The summed E-state index contributed by atoms with van der Waals surface area (Å²) >= 11 is 12.9. The normalized spacial score (nSPS) is 12.3. The Balaban J connectivity index is 2.46. The van der Waals surface area contributed by atoms with Gasteiger partial charge < -0.3 is 9.84 Å². The van der Waals surface area contributed by atoms with Crippen LogP contribution < -0.4 is 0 Å². The number of halogens is 2. The molecule has 7 heteroatoms. The second kappa shape index (κ2) is 7.45. The van der Waals surface area contributed by atoms with Gasteiger partial charge in [-0.2, -0.15) is 0 Å². The Morgan fingerprint density at radius 1 is 1.32 bits per heavy atom. The maximum Gasteiger partial charge on any atom is 0.343 e. The summed E-state index contributed by atoms with van der Waals surface area (Å²) in [5.41, 5.74) is 0.783. The number of aliphatic hydroxyl groups is 1. The molecule has 0 unspecified atom stereocenters. The highest BCUT2D eigenvalue weighted by Crippen LogP contribution is 2.35. The summed E-state index contributed by atoms with van der Waals surface area (Å²) in [5.74, 6) is -1.06. The fourth-order valence-corrected chi connectivity index (χ4v) is 3.09. The summed E-state index contributed by atoms with van der Waals surface area (Å²) in [5, 5.41) is 10.3. The smallest absolute Gasteiger partial charge is 0.343 e. The van der Waals surface area contributed by atoms with E-state index in [1.54, 1.807) is 12.1 Å². The second-order valence-corrected chi connectivity index (χ2v) is 6.37. The zero-order chi connectivity index (χ0) is 16.1. The topological polar surface area (TPSA) is 58.9 Å². The van der Waals surface area contributed by atoms with E-state index in [0.717, 1.165) is 11.3 Å². The Morgan fingerprint density at radius 2 is 2.00 bits per heavy atom. The van der Waals surface area contributed by atoms with Gasteiger partial charge in [0, 0.05) is 11.8 Å². The van der Waals surface area contributed by atoms with Crippen LogP contribution in [0.1, 0.15) is 5.56 Å². The molecule has 0 aliphatic rings. The minimum atomic E-state index is -0.726. The van der Waals surface area contributed by atoms with Crippen molar-refractivity contribution in [2.45, 2.75) is 0 Å². The van der Waals surface area contributed by atoms with Crippen LogP contribution in [-0.4, -0.2) is 24.4 Å². The number of hydrogen-bond donors (Lipinski definition) is 1. The average Bonchev–Trinajstić information content (AvgIpc) is 2.86. The largest absolute Gasteiger partial charge is 0.506 e. The Hall–Kier alpha value is -1.82. The number of aliphatic imine (C=N–C) groups is 1. The number of rotatable bonds is 4. The molecule has 1 aromatic heterocycles. The summed E-state index contributed by atoms with van der Waals surface area (Å²) in [7, 11) is 1.22. The quantitative estimate of drug-likeness (QED) is 0.367. The molecule has 22 heavy (non-hydrogen) atoms. The standard InChI is InChI=1S/C15H11Cl2NO3S/c1-21-15(20)11(8-18-9-5-3-2-4-6-9)13(19)10-7-12(16)22-14(10)17/h2-8,19H,1H3/b13-11+,18-8?. The first-order valence-corrected chi connectivity index (χ1v) is 7.66. The van der Waals surface area contributed by atoms with Crippen molar-refractivity contribution in [3.8, 4) is 0 Å². The highest BCUT2D eigenvalue weighted by Gasteiger charge is 2.19. The van der Waals surface area contributed by atoms with E-state index >= 15 is 0 Å². The van der Waals surface area contributed by atoms with Crippen LogP contribution in [0.15, 0.2) is 47.0 Å². The van der Waals surface area contributed by atoms with E-state index in [-0.39, 0.29) is 21.2 Å². The SMILES string of the molecule is COC(=O)/C(C=Nc1ccccc1)=C(/O)c1cc(Cl)sc1Cl. The van der Waals surface area contributed by atoms with Gasteiger partial charge in [0.25, 0.3) is 0 Å². The van der Waals surface area contributed by atoms with Gasteiger partial charge in [-0.25, -0.2) is 4.79 Å². The Morgan fingerprint density at radius 3 is 2.55 bits per heavy atom. The van der Waals surface area contributed by atoms with Crippen molar-refractivity contribution in [3.63, 3.8) is 0 Å². The van der Waals surface area contributed by atoms with Crippen LogP contribution in [0.2, 0.25) is 8.67 Å². The molecule has 0 amide bonds. The second-order valence-electron chi connectivity index (χ2n) is 4.09. The number of carbonyl (C=O) groups excluding carboxylic acids is 1. The van der Waals surface area contributed by atoms with Crippen molar-refractivity contribution in [3.05, 3.63) is 56.2 Å². The van der Waals surface area contributed by atoms with Crippen LogP contribution in [0.3, 0.4) is 0 Å². The lowest BCUT2D eigenvalue weighted by Crippen LogP contribution is -2.08. The predicted octanol–water partition coefficient (Wildman–Crippen LogP) is 4.90. The molecular formula is C15H11Cl2NO3S. The van der Waals surface area contributed by atoms with Crippen molar-refractivity contribution >= 4 is 58.2 Å². The van der Waals surface area contributed by atoms with Crippen molar-refractivity contribution in [1.82, 2.24) is 0 Å². The summed E-state index contributed by atoms with van der Waals surface area (Å²) in [6, 6.07) is 10.5. The van der Waals surface area contributed by atoms with Gasteiger partial charge in [-0.15, -0.1) is 11.3 Å². The van der Waals surface area contributed by atoms with E-state index in [2.05, 4.69) is 9.73 Å². The number of methoxy groups -OCH3 is 1.